The van der Waals surface area contributed by atoms with E-state index in [0.717, 1.165) is 11.1 Å². The molecule has 0 amide bonds. The monoisotopic (exact) mass is 196 g/mol. The fraction of sp³-hybridized carbons (Fsp3) is 0.273. The molecule has 0 bridgehead atoms. The van der Waals surface area contributed by atoms with E-state index in [1.54, 1.807) is 38.1 Å². The van der Waals surface area contributed by atoms with Gasteiger partial charge in [0.1, 0.15) is 5.60 Å². The zero-order valence-electron chi connectivity index (χ0n) is 7.84. The van der Waals surface area contributed by atoms with Crippen LogP contribution in [-0.2, 0) is 5.60 Å². The van der Waals surface area contributed by atoms with Crippen molar-refractivity contribution in [2.75, 3.05) is 0 Å². The first kappa shape index (κ1) is 10.3. The van der Waals surface area contributed by atoms with Crippen LogP contribution < -0.4 is 0 Å². The van der Waals surface area contributed by atoms with Crippen molar-refractivity contribution in [1.82, 2.24) is 0 Å². The Bertz CT molecular complexity index is 311. The van der Waals surface area contributed by atoms with Gasteiger partial charge in [0.15, 0.2) is 0 Å². The molecule has 0 aliphatic heterocycles. The Morgan fingerprint density at radius 1 is 1.38 bits per heavy atom. The standard InChI is InChI=1S/C11H13ClO/c1-8(2)11(3,13)9-4-6-10(12)7-5-9/h4-7,13H,1H2,2-3H3. The van der Waals surface area contributed by atoms with E-state index in [4.69, 9.17) is 11.6 Å². The number of aliphatic hydroxyl groups is 1. The molecule has 2 heteroatoms. The first-order valence-electron chi connectivity index (χ1n) is 4.09. The van der Waals surface area contributed by atoms with Gasteiger partial charge in [-0.3, -0.25) is 0 Å². The summed E-state index contributed by atoms with van der Waals surface area (Å²) in [6.07, 6.45) is 0. The first-order chi connectivity index (χ1) is 5.94. The van der Waals surface area contributed by atoms with Crippen molar-refractivity contribution in [1.29, 1.82) is 0 Å². The van der Waals surface area contributed by atoms with Crippen LogP contribution in [0.25, 0.3) is 0 Å². The molecular weight excluding hydrogens is 184 g/mol. The molecule has 1 unspecified atom stereocenters. The number of rotatable bonds is 2. The lowest BCUT2D eigenvalue weighted by Gasteiger charge is -2.24. The second-order valence-corrected chi connectivity index (χ2v) is 3.80. The fourth-order valence-corrected chi connectivity index (χ4v) is 1.15. The van der Waals surface area contributed by atoms with Gasteiger partial charge >= 0.3 is 0 Å². The highest BCUT2D eigenvalue weighted by Gasteiger charge is 2.23. The molecule has 70 valence electrons. The Morgan fingerprint density at radius 2 is 1.85 bits per heavy atom. The summed E-state index contributed by atoms with van der Waals surface area (Å²) < 4.78 is 0. The van der Waals surface area contributed by atoms with Crippen molar-refractivity contribution < 1.29 is 5.11 Å². The molecule has 1 aromatic rings. The van der Waals surface area contributed by atoms with Crippen molar-refractivity contribution in [2.45, 2.75) is 19.4 Å². The average Bonchev–Trinajstić information content (AvgIpc) is 2.04. The number of halogens is 1. The van der Waals surface area contributed by atoms with Crippen molar-refractivity contribution in [2.24, 2.45) is 0 Å². The Hall–Kier alpha value is -0.790. The quantitative estimate of drug-likeness (QED) is 0.721. The zero-order chi connectivity index (χ0) is 10.1. The number of hydrogen-bond donors (Lipinski definition) is 1. The maximum Gasteiger partial charge on any atom is 0.107 e. The summed E-state index contributed by atoms with van der Waals surface area (Å²) in [6, 6.07) is 7.12. The van der Waals surface area contributed by atoms with Gasteiger partial charge in [-0.2, -0.15) is 0 Å². The predicted molar refractivity (Wildman–Crippen MR) is 55.8 cm³/mol. The molecule has 1 rings (SSSR count). The summed E-state index contributed by atoms with van der Waals surface area (Å²) in [5.74, 6) is 0. The van der Waals surface area contributed by atoms with Crippen molar-refractivity contribution in [3.63, 3.8) is 0 Å². The molecule has 0 fully saturated rings. The third-order valence-electron chi connectivity index (χ3n) is 2.24. The minimum absolute atomic E-state index is 0.668. The van der Waals surface area contributed by atoms with Crippen LogP contribution in [0.3, 0.4) is 0 Å². The Balaban J connectivity index is 3.08. The molecule has 0 radical (unpaired) electrons. The molecule has 0 aliphatic rings. The summed E-state index contributed by atoms with van der Waals surface area (Å²) >= 11 is 5.74. The maximum absolute atomic E-state index is 10.0. The summed E-state index contributed by atoms with van der Waals surface area (Å²) in [5.41, 5.74) is 0.559. The minimum Gasteiger partial charge on any atom is -0.381 e. The summed E-state index contributed by atoms with van der Waals surface area (Å²) in [7, 11) is 0. The van der Waals surface area contributed by atoms with Crippen LogP contribution in [0.2, 0.25) is 5.02 Å². The molecular formula is C11H13ClO. The van der Waals surface area contributed by atoms with E-state index in [0.29, 0.717) is 5.02 Å². The van der Waals surface area contributed by atoms with Crippen LogP contribution in [0.15, 0.2) is 36.4 Å². The lowest BCUT2D eigenvalue weighted by molar-refractivity contribution is 0.0981. The van der Waals surface area contributed by atoms with Gasteiger partial charge in [-0.1, -0.05) is 30.3 Å². The number of hydrogen-bond acceptors (Lipinski definition) is 1. The molecule has 1 N–H and O–H groups in total. The van der Waals surface area contributed by atoms with Crippen LogP contribution in [-0.4, -0.2) is 5.11 Å². The summed E-state index contributed by atoms with van der Waals surface area (Å²) in [4.78, 5) is 0. The second kappa shape index (κ2) is 3.52. The first-order valence-corrected chi connectivity index (χ1v) is 4.47. The van der Waals surface area contributed by atoms with Gasteiger partial charge in [-0.15, -0.1) is 0 Å². The van der Waals surface area contributed by atoms with Crippen molar-refractivity contribution >= 4 is 11.6 Å². The highest BCUT2D eigenvalue weighted by molar-refractivity contribution is 6.30. The van der Waals surface area contributed by atoms with Crippen LogP contribution in [0, 0.1) is 0 Å². The van der Waals surface area contributed by atoms with Gasteiger partial charge in [0.2, 0.25) is 0 Å². The van der Waals surface area contributed by atoms with Crippen molar-refractivity contribution in [3.05, 3.63) is 47.0 Å². The smallest absolute Gasteiger partial charge is 0.107 e. The third kappa shape index (κ3) is 2.11. The maximum atomic E-state index is 10.0. The zero-order valence-corrected chi connectivity index (χ0v) is 8.60. The van der Waals surface area contributed by atoms with E-state index in [1.807, 2.05) is 0 Å². The summed E-state index contributed by atoms with van der Waals surface area (Å²) in [5, 5.41) is 10.7. The van der Waals surface area contributed by atoms with Crippen LogP contribution in [0.5, 0.6) is 0 Å². The van der Waals surface area contributed by atoms with Gasteiger partial charge < -0.3 is 5.11 Å². The molecule has 0 heterocycles. The Kier molecular flexibility index (Phi) is 2.79. The van der Waals surface area contributed by atoms with Gasteiger partial charge in [0.05, 0.1) is 0 Å². The molecule has 1 nitrogen and oxygen atoms in total. The third-order valence-corrected chi connectivity index (χ3v) is 2.49. The minimum atomic E-state index is -0.968. The van der Waals surface area contributed by atoms with Crippen LogP contribution >= 0.6 is 11.6 Å². The second-order valence-electron chi connectivity index (χ2n) is 3.36. The van der Waals surface area contributed by atoms with Gasteiger partial charge in [0, 0.05) is 5.02 Å². The lowest BCUT2D eigenvalue weighted by Crippen LogP contribution is -2.21. The van der Waals surface area contributed by atoms with E-state index in [9.17, 15) is 5.11 Å². The van der Waals surface area contributed by atoms with Crippen LogP contribution in [0.4, 0.5) is 0 Å². The topological polar surface area (TPSA) is 20.2 Å². The summed E-state index contributed by atoms with van der Waals surface area (Å²) in [6.45, 7) is 7.26. The van der Waals surface area contributed by atoms with E-state index in [1.165, 1.54) is 0 Å². The SMILES string of the molecule is C=C(C)C(C)(O)c1ccc(Cl)cc1. The average molecular weight is 197 g/mol. The van der Waals surface area contributed by atoms with Gasteiger partial charge in [-0.25, -0.2) is 0 Å². The number of benzene rings is 1. The van der Waals surface area contributed by atoms with E-state index < -0.39 is 5.60 Å². The fourth-order valence-electron chi connectivity index (χ4n) is 1.02. The highest BCUT2D eigenvalue weighted by atomic mass is 35.5. The highest BCUT2D eigenvalue weighted by Crippen LogP contribution is 2.28. The Labute approximate surface area is 83.7 Å². The largest absolute Gasteiger partial charge is 0.381 e. The molecule has 13 heavy (non-hydrogen) atoms. The van der Waals surface area contributed by atoms with E-state index in [-0.39, 0.29) is 0 Å². The van der Waals surface area contributed by atoms with E-state index in [2.05, 4.69) is 6.58 Å². The Morgan fingerprint density at radius 3 is 2.23 bits per heavy atom. The van der Waals surface area contributed by atoms with Gasteiger partial charge in [0.25, 0.3) is 0 Å². The molecule has 1 aromatic carbocycles. The molecule has 1 atom stereocenters. The predicted octanol–water partition coefficient (Wildman–Crippen LogP) is 3.12. The van der Waals surface area contributed by atoms with Gasteiger partial charge in [-0.05, 0) is 37.1 Å². The van der Waals surface area contributed by atoms with E-state index >= 15 is 0 Å². The molecule has 0 saturated carbocycles. The van der Waals surface area contributed by atoms with Crippen LogP contribution in [0.1, 0.15) is 19.4 Å². The molecule has 0 spiro atoms. The molecule has 0 aromatic heterocycles. The van der Waals surface area contributed by atoms with Crippen molar-refractivity contribution in [3.8, 4) is 0 Å². The molecule has 0 saturated heterocycles. The molecule has 0 aliphatic carbocycles. The lowest BCUT2D eigenvalue weighted by atomic mass is 9.90. The normalized spacial score (nSPS) is 15.1.